The Kier molecular flexibility index (Phi) is 8.87. The highest BCUT2D eigenvalue weighted by molar-refractivity contribution is 7.89. The molecule has 1 aromatic rings. The molecule has 152 valence electrons. The number of hydrogen-bond acceptors (Lipinski definition) is 5. The van der Waals surface area contributed by atoms with Crippen LogP contribution in [0.5, 0.6) is 0 Å². The number of nitrogens with one attached hydrogen (secondary N) is 1. The zero-order valence-electron chi connectivity index (χ0n) is 16.7. The van der Waals surface area contributed by atoms with Gasteiger partial charge in [0.1, 0.15) is 0 Å². The van der Waals surface area contributed by atoms with Gasteiger partial charge in [0.05, 0.1) is 18.0 Å². The molecule has 0 aromatic heterocycles. The predicted molar refractivity (Wildman–Crippen MR) is 106 cm³/mol. The van der Waals surface area contributed by atoms with Gasteiger partial charge in [0.25, 0.3) is 0 Å². The monoisotopic (exact) mass is 398 g/mol. The van der Waals surface area contributed by atoms with E-state index in [-0.39, 0.29) is 29.8 Å². The van der Waals surface area contributed by atoms with E-state index in [1.807, 2.05) is 6.92 Å². The largest absolute Gasteiger partial charge is 0.348 e. The van der Waals surface area contributed by atoms with Crippen molar-refractivity contribution in [2.24, 2.45) is 0 Å². The number of sulfonamides is 1. The summed E-state index contributed by atoms with van der Waals surface area (Å²) in [5, 5.41) is 2.70. The second kappa shape index (κ2) is 10.4. The Balaban J connectivity index is 2.66. The molecule has 0 aliphatic rings. The van der Waals surface area contributed by atoms with Crippen LogP contribution in [0.1, 0.15) is 19.8 Å². The zero-order chi connectivity index (χ0) is 20.6. The third kappa shape index (κ3) is 7.28. The summed E-state index contributed by atoms with van der Waals surface area (Å²) in [6.45, 7) is 2.67. The third-order valence-electron chi connectivity index (χ3n) is 3.99. The highest BCUT2D eigenvalue weighted by Gasteiger charge is 2.20. The van der Waals surface area contributed by atoms with E-state index in [1.165, 1.54) is 21.3 Å². The van der Waals surface area contributed by atoms with Crippen LogP contribution in [0.25, 0.3) is 0 Å². The van der Waals surface area contributed by atoms with Gasteiger partial charge in [0.15, 0.2) is 0 Å². The van der Waals surface area contributed by atoms with Crippen molar-refractivity contribution in [1.82, 2.24) is 14.1 Å². The van der Waals surface area contributed by atoms with E-state index in [9.17, 15) is 18.0 Å². The number of amides is 2. The van der Waals surface area contributed by atoms with Gasteiger partial charge in [0.2, 0.25) is 21.8 Å². The lowest BCUT2D eigenvalue weighted by atomic mass is 10.3. The number of carbonyl (C=O) groups is 2. The normalized spacial score (nSPS) is 11.7. The number of anilines is 1. The van der Waals surface area contributed by atoms with Gasteiger partial charge in [-0.1, -0.05) is 13.3 Å². The molecule has 0 fully saturated rings. The number of hydrogen-bond donors (Lipinski definition) is 1. The number of nitrogens with zero attached hydrogens (tertiary/aromatic N) is 3. The first-order chi connectivity index (χ1) is 12.6. The number of rotatable bonds is 10. The molecule has 0 radical (unpaired) electrons. The van der Waals surface area contributed by atoms with E-state index in [1.54, 1.807) is 45.2 Å². The van der Waals surface area contributed by atoms with E-state index in [0.717, 1.165) is 12.8 Å². The first-order valence-corrected chi connectivity index (χ1v) is 10.3. The van der Waals surface area contributed by atoms with Crippen LogP contribution in [0.2, 0.25) is 0 Å². The summed E-state index contributed by atoms with van der Waals surface area (Å²) in [6.07, 6.45) is 1.72. The number of benzene rings is 1. The average Bonchev–Trinajstić information content (AvgIpc) is 2.59. The molecule has 0 bridgehead atoms. The van der Waals surface area contributed by atoms with Gasteiger partial charge < -0.3 is 10.2 Å². The molecule has 0 saturated heterocycles. The van der Waals surface area contributed by atoms with E-state index in [4.69, 9.17) is 0 Å². The SMILES string of the molecule is CCCCN(C)S(=O)(=O)c1ccc(NC(=O)CN(C)CC(=O)N(C)C)cc1. The van der Waals surface area contributed by atoms with Crippen LogP contribution in [0, 0.1) is 0 Å². The van der Waals surface area contributed by atoms with Crippen molar-refractivity contribution in [2.75, 3.05) is 53.1 Å². The van der Waals surface area contributed by atoms with E-state index in [0.29, 0.717) is 12.2 Å². The molecule has 0 spiro atoms. The first-order valence-electron chi connectivity index (χ1n) is 8.83. The van der Waals surface area contributed by atoms with Crippen molar-refractivity contribution in [1.29, 1.82) is 0 Å². The predicted octanol–water partition coefficient (Wildman–Crippen LogP) is 1.07. The van der Waals surface area contributed by atoms with Crippen molar-refractivity contribution in [3.8, 4) is 0 Å². The van der Waals surface area contributed by atoms with Gasteiger partial charge in [-0.3, -0.25) is 14.5 Å². The lowest BCUT2D eigenvalue weighted by molar-refractivity contribution is -0.130. The topological polar surface area (TPSA) is 90.0 Å². The van der Waals surface area contributed by atoms with Crippen molar-refractivity contribution >= 4 is 27.5 Å². The fourth-order valence-electron chi connectivity index (χ4n) is 2.27. The third-order valence-corrected chi connectivity index (χ3v) is 5.86. The quantitative estimate of drug-likeness (QED) is 0.637. The van der Waals surface area contributed by atoms with E-state index >= 15 is 0 Å². The van der Waals surface area contributed by atoms with Gasteiger partial charge in [0, 0.05) is 33.4 Å². The van der Waals surface area contributed by atoms with Gasteiger partial charge in [-0.05, 0) is 37.7 Å². The number of unbranched alkanes of at least 4 members (excludes halogenated alkanes) is 1. The summed E-state index contributed by atoms with van der Waals surface area (Å²) in [4.78, 5) is 27.0. The smallest absolute Gasteiger partial charge is 0.242 e. The molecule has 0 aliphatic heterocycles. The Labute approximate surface area is 162 Å². The van der Waals surface area contributed by atoms with Crippen LogP contribution < -0.4 is 5.32 Å². The maximum Gasteiger partial charge on any atom is 0.242 e. The van der Waals surface area contributed by atoms with Gasteiger partial charge >= 0.3 is 0 Å². The van der Waals surface area contributed by atoms with Crippen molar-refractivity contribution in [3.63, 3.8) is 0 Å². The highest BCUT2D eigenvalue weighted by Crippen LogP contribution is 2.18. The van der Waals surface area contributed by atoms with Gasteiger partial charge in [-0.15, -0.1) is 0 Å². The van der Waals surface area contributed by atoms with Crippen LogP contribution in [0.3, 0.4) is 0 Å². The lowest BCUT2D eigenvalue weighted by Gasteiger charge is -2.19. The molecule has 27 heavy (non-hydrogen) atoms. The minimum absolute atomic E-state index is 0.0549. The molecule has 0 aliphatic carbocycles. The zero-order valence-corrected chi connectivity index (χ0v) is 17.5. The summed E-state index contributed by atoms with van der Waals surface area (Å²) in [5.74, 6) is -0.369. The number of carbonyl (C=O) groups excluding carboxylic acids is 2. The summed E-state index contributed by atoms with van der Waals surface area (Å²) < 4.78 is 26.3. The van der Waals surface area contributed by atoms with Crippen LogP contribution in [-0.2, 0) is 19.6 Å². The minimum Gasteiger partial charge on any atom is -0.348 e. The second-order valence-electron chi connectivity index (χ2n) is 6.71. The van der Waals surface area contributed by atoms with E-state index in [2.05, 4.69) is 5.32 Å². The molecule has 2 amide bonds. The average molecular weight is 399 g/mol. The Morgan fingerprint density at radius 3 is 2.11 bits per heavy atom. The Morgan fingerprint density at radius 2 is 1.59 bits per heavy atom. The maximum absolute atomic E-state index is 12.5. The highest BCUT2D eigenvalue weighted by atomic mass is 32.2. The molecule has 1 N–H and O–H groups in total. The van der Waals surface area contributed by atoms with Crippen LogP contribution in [0.15, 0.2) is 29.2 Å². The molecule has 0 heterocycles. The fraction of sp³-hybridized carbons (Fsp3) is 0.556. The van der Waals surface area contributed by atoms with Gasteiger partial charge in [-0.25, -0.2) is 12.7 Å². The van der Waals surface area contributed by atoms with Crippen molar-refractivity contribution < 1.29 is 18.0 Å². The van der Waals surface area contributed by atoms with Crippen molar-refractivity contribution in [2.45, 2.75) is 24.7 Å². The summed E-state index contributed by atoms with van der Waals surface area (Å²) in [5.41, 5.74) is 0.502. The Morgan fingerprint density at radius 1 is 1.00 bits per heavy atom. The van der Waals surface area contributed by atoms with Crippen LogP contribution >= 0.6 is 0 Å². The minimum atomic E-state index is -3.53. The Hall–Kier alpha value is -1.97. The molecule has 9 heteroatoms. The second-order valence-corrected chi connectivity index (χ2v) is 8.76. The lowest BCUT2D eigenvalue weighted by Crippen LogP contribution is -2.38. The fourth-order valence-corrected chi connectivity index (χ4v) is 3.47. The van der Waals surface area contributed by atoms with Crippen molar-refractivity contribution in [3.05, 3.63) is 24.3 Å². The molecule has 0 saturated carbocycles. The van der Waals surface area contributed by atoms with Crippen LogP contribution in [0.4, 0.5) is 5.69 Å². The summed E-state index contributed by atoms with van der Waals surface area (Å²) in [7, 11) is 3.03. The molecular weight excluding hydrogens is 368 g/mol. The summed E-state index contributed by atoms with van der Waals surface area (Å²) >= 11 is 0. The summed E-state index contributed by atoms with van der Waals surface area (Å²) in [6, 6.07) is 6.08. The molecular formula is C18H30N4O4S. The first kappa shape index (κ1) is 23.1. The molecule has 1 rings (SSSR count). The molecule has 1 aromatic carbocycles. The molecule has 8 nitrogen and oxygen atoms in total. The Bertz CT molecular complexity index is 732. The number of likely N-dealkylation sites (N-methyl/N-ethyl adjacent to an activating group) is 2. The van der Waals surface area contributed by atoms with Crippen LogP contribution in [-0.4, -0.2) is 82.2 Å². The standard InChI is InChI=1S/C18H30N4O4S/c1-6-7-12-22(5)27(25,26)16-10-8-15(9-11-16)19-17(23)13-21(4)14-18(24)20(2)3/h8-11H,6-7,12-14H2,1-5H3,(H,19,23). The molecule has 0 unspecified atom stereocenters. The van der Waals surface area contributed by atoms with E-state index < -0.39 is 10.0 Å². The molecule has 0 atom stereocenters. The van der Waals surface area contributed by atoms with Gasteiger partial charge in [-0.2, -0.15) is 0 Å². The maximum atomic E-state index is 12.5.